The standard InChI is InChI=1S/C36H40BrN3O4S/c1-5-28(4)38-36(42)34(23-29-9-7-6-8-10-29)39(24-30-15-11-26(2)12-16-30)35(41)25-40(32-19-17-31(37)18-20-32)45(43,44)33-21-13-27(3)14-22-33/h6-22,28,34H,5,23-25H2,1-4H3,(H,38,42)/t28-,34-/m0/s1. The highest BCUT2D eigenvalue weighted by atomic mass is 79.9. The molecule has 2 amide bonds. The summed E-state index contributed by atoms with van der Waals surface area (Å²) in [7, 11) is -4.15. The Labute approximate surface area is 275 Å². The van der Waals surface area contributed by atoms with Crippen molar-refractivity contribution in [3.8, 4) is 0 Å². The minimum Gasteiger partial charge on any atom is -0.352 e. The van der Waals surface area contributed by atoms with Gasteiger partial charge in [0, 0.05) is 23.5 Å². The molecule has 4 rings (SSSR count). The maximum absolute atomic E-state index is 14.5. The molecule has 0 aliphatic rings. The van der Waals surface area contributed by atoms with E-state index in [1.54, 1.807) is 48.5 Å². The van der Waals surface area contributed by atoms with Crippen molar-refractivity contribution >= 4 is 43.5 Å². The van der Waals surface area contributed by atoms with E-state index in [9.17, 15) is 18.0 Å². The Morgan fingerprint density at radius 1 is 0.800 bits per heavy atom. The van der Waals surface area contributed by atoms with Crippen LogP contribution in [0.15, 0.2) is 112 Å². The van der Waals surface area contributed by atoms with Crippen molar-refractivity contribution in [2.45, 2.75) is 64.1 Å². The van der Waals surface area contributed by atoms with Gasteiger partial charge in [-0.2, -0.15) is 0 Å². The molecule has 0 saturated heterocycles. The molecule has 9 heteroatoms. The van der Waals surface area contributed by atoms with E-state index in [0.717, 1.165) is 37.5 Å². The Morgan fingerprint density at radius 2 is 1.38 bits per heavy atom. The molecule has 4 aromatic rings. The highest BCUT2D eigenvalue weighted by Crippen LogP contribution is 2.27. The van der Waals surface area contributed by atoms with Gasteiger partial charge in [0.05, 0.1) is 10.6 Å². The van der Waals surface area contributed by atoms with Crippen molar-refractivity contribution in [3.05, 3.63) is 130 Å². The van der Waals surface area contributed by atoms with Crippen molar-refractivity contribution in [1.29, 1.82) is 0 Å². The highest BCUT2D eigenvalue weighted by Gasteiger charge is 2.35. The number of carbonyl (C=O) groups is 2. The van der Waals surface area contributed by atoms with E-state index >= 15 is 0 Å². The number of benzene rings is 4. The number of anilines is 1. The van der Waals surface area contributed by atoms with Crippen LogP contribution < -0.4 is 9.62 Å². The van der Waals surface area contributed by atoms with Crippen LogP contribution in [0.25, 0.3) is 0 Å². The Morgan fingerprint density at radius 3 is 1.96 bits per heavy atom. The first-order chi connectivity index (χ1) is 21.5. The van der Waals surface area contributed by atoms with Crippen molar-refractivity contribution in [1.82, 2.24) is 10.2 Å². The number of nitrogens with zero attached hydrogens (tertiary/aromatic N) is 2. The fraction of sp³-hybridized carbons (Fsp3) is 0.278. The molecule has 0 heterocycles. The summed E-state index contributed by atoms with van der Waals surface area (Å²) in [4.78, 5) is 30.0. The normalized spacial score (nSPS) is 12.6. The zero-order valence-electron chi connectivity index (χ0n) is 26.1. The predicted octanol–water partition coefficient (Wildman–Crippen LogP) is 6.82. The van der Waals surface area contributed by atoms with Crippen LogP contribution >= 0.6 is 15.9 Å². The molecule has 0 spiro atoms. The van der Waals surface area contributed by atoms with E-state index in [2.05, 4.69) is 21.2 Å². The molecule has 0 aliphatic carbocycles. The third-order valence-electron chi connectivity index (χ3n) is 7.75. The van der Waals surface area contributed by atoms with Crippen LogP contribution in [0, 0.1) is 13.8 Å². The van der Waals surface area contributed by atoms with Gasteiger partial charge in [-0.05, 0) is 74.7 Å². The molecule has 0 unspecified atom stereocenters. The van der Waals surface area contributed by atoms with Gasteiger partial charge in [0.2, 0.25) is 11.8 Å². The molecule has 0 aromatic heterocycles. The number of hydrogen-bond acceptors (Lipinski definition) is 4. The Bertz CT molecular complexity index is 1680. The van der Waals surface area contributed by atoms with Gasteiger partial charge < -0.3 is 10.2 Å². The molecule has 0 saturated carbocycles. The van der Waals surface area contributed by atoms with Gasteiger partial charge in [0.1, 0.15) is 12.6 Å². The van der Waals surface area contributed by atoms with E-state index in [0.29, 0.717) is 5.69 Å². The maximum Gasteiger partial charge on any atom is 0.264 e. The number of rotatable bonds is 13. The number of carbonyl (C=O) groups excluding carboxylic acids is 2. The van der Waals surface area contributed by atoms with Gasteiger partial charge in [-0.15, -0.1) is 0 Å². The molecule has 2 atom stereocenters. The molecular weight excluding hydrogens is 650 g/mol. The van der Waals surface area contributed by atoms with Gasteiger partial charge in [0.25, 0.3) is 10.0 Å². The summed E-state index contributed by atoms with van der Waals surface area (Å²) in [5.41, 5.74) is 4.05. The SMILES string of the molecule is CC[C@H](C)NC(=O)[C@H](Cc1ccccc1)N(Cc1ccc(C)cc1)C(=O)CN(c1ccc(Br)cc1)S(=O)(=O)c1ccc(C)cc1. The summed E-state index contributed by atoms with van der Waals surface area (Å²) in [6.45, 7) is 7.41. The smallest absolute Gasteiger partial charge is 0.264 e. The van der Waals surface area contributed by atoms with E-state index < -0.39 is 28.5 Å². The van der Waals surface area contributed by atoms with Crippen molar-refractivity contribution in [3.63, 3.8) is 0 Å². The molecule has 45 heavy (non-hydrogen) atoms. The third-order valence-corrected chi connectivity index (χ3v) is 10.1. The lowest BCUT2D eigenvalue weighted by atomic mass is 10.0. The third kappa shape index (κ3) is 9.05. The largest absolute Gasteiger partial charge is 0.352 e. The Hall–Kier alpha value is -3.95. The monoisotopic (exact) mass is 689 g/mol. The van der Waals surface area contributed by atoms with Crippen molar-refractivity contribution < 1.29 is 18.0 Å². The Balaban J connectivity index is 1.80. The lowest BCUT2D eigenvalue weighted by Gasteiger charge is -2.34. The molecule has 236 valence electrons. The van der Waals surface area contributed by atoms with E-state index in [-0.39, 0.29) is 29.8 Å². The second-order valence-corrected chi connectivity index (χ2v) is 14.1. The van der Waals surface area contributed by atoms with E-state index in [4.69, 9.17) is 0 Å². The molecule has 0 fully saturated rings. The quantitative estimate of drug-likeness (QED) is 0.167. The van der Waals surface area contributed by atoms with Crippen LogP contribution in [-0.4, -0.2) is 43.8 Å². The second kappa shape index (κ2) is 15.4. The molecule has 4 aromatic carbocycles. The predicted molar refractivity (Wildman–Crippen MR) is 183 cm³/mol. The van der Waals surface area contributed by atoms with Crippen LogP contribution in [-0.2, 0) is 32.6 Å². The minimum atomic E-state index is -4.15. The van der Waals surface area contributed by atoms with Crippen LogP contribution in [0.5, 0.6) is 0 Å². The first kappa shape index (κ1) is 33.9. The number of amides is 2. The van der Waals surface area contributed by atoms with E-state index in [1.165, 1.54) is 4.90 Å². The van der Waals surface area contributed by atoms with Crippen LogP contribution in [0.1, 0.15) is 42.5 Å². The zero-order valence-corrected chi connectivity index (χ0v) is 28.5. The fourth-order valence-corrected chi connectivity index (χ4v) is 6.54. The number of aryl methyl sites for hydroxylation is 2. The number of hydrogen-bond donors (Lipinski definition) is 1. The number of nitrogens with one attached hydrogen (secondary N) is 1. The van der Waals surface area contributed by atoms with Crippen LogP contribution in [0.4, 0.5) is 5.69 Å². The second-order valence-electron chi connectivity index (χ2n) is 11.3. The van der Waals surface area contributed by atoms with Crippen molar-refractivity contribution in [2.75, 3.05) is 10.8 Å². The van der Waals surface area contributed by atoms with Crippen LogP contribution in [0.3, 0.4) is 0 Å². The number of sulfonamides is 1. The molecular formula is C36H40BrN3O4S. The molecule has 7 nitrogen and oxygen atoms in total. The molecule has 0 aliphatic heterocycles. The molecule has 0 bridgehead atoms. The first-order valence-corrected chi connectivity index (χ1v) is 17.3. The maximum atomic E-state index is 14.5. The first-order valence-electron chi connectivity index (χ1n) is 15.0. The van der Waals surface area contributed by atoms with Crippen molar-refractivity contribution in [2.24, 2.45) is 0 Å². The van der Waals surface area contributed by atoms with Gasteiger partial charge in [-0.25, -0.2) is 8.42 Å². The number of halogens is 1. The molecule has 1 N–H and O–H groups in total. The average Bonchev–Trinajstić information content (AvgIpc) is 3.03. The topological polar surface area (TPSA) is 86.8 Å². The fourth-order valence-electron chi connectivity index (χ4n) is 4.86. The minimum absolute atomic E-state index is 0.0734. The zero-order chi connectivity index (χ0) is 32.6. The lowest BCUT2D eigenvalue weighted by molar-refractivity contribution is -0.140. The van der Waals surface area contributed by atoms with Gasteiger partial charge in [-0.3, -0.25) is 13.9 Å². The summed E-state index contributed by atoms with van der Waals surface area (Å²) in [6.07, 6.45) is 0.992. The highest BCUT2D eigenvalue weighted by molar-refractivity contribution is 9.10. The molecule has 0 radical (unpaired) electrons. The van der Waals surface area contributed by atoms with Gasteiger partial charge >= 0.3 is 0 Å². The lowest BCUT2D eigenvalue weighted by Crippen LogP contribution is -2.54. The van der Waals surface area contributed by atoms with Gasteiger partial charge in [-0.1, -0.05) is 101 Å². The van der Waals surface area contributed by atoms with Gasteiger partial charge in [0.15, 0.2) is 0 Å². The summed E-state index contributed by atoms with van der Waals surface area (Å²) in [5, 5.41) is 3.06. The average molecular weight is 691 g/mol. The summed E-state index contributed by atoms with van der Waals surface area (Å²) in [6, 6.07) is 29.7. The van der Waals surface area contributed by atoms with E-state index in [1.807, 2.05) is 82.3 Å². The van der Waals surface area contributed by atoms with Crippen LogP contribution in [0.2, 0.25) is 0 Å². The summed E-state index contributed by atoms with van der Waals surface area (Å²) < 4.78 is 30.2. The summed E-state index contributed by atoms with van der Waals surface area (Å²) in [5.74, 6) is -0.778. The summed E-state index contributed by atoms with van der Waals surface area (Å²) >= 11 is 3.42. The Kier molecular flexibility index (Phi) is 11.6.